The minimum absolute atomic E-state index is 0.201. The highest BCUT2D eigenvalue weighted by molar-refractivity contribution is 8.18. The third kappa shape index (κ3) is 3.09. The fourth-order valence-corrected chi connectivity index (χ4v) is 2.92. The standard InChI is InChI=1S/C16H10F3NO3S/c1-20-14(21)13(24-15(20)22)8-11-5-6-12(23-11)9-3-2-4-10(7-9)16(17,18)19/h2-8H,1H3/b13-8+. The van der Waals surface area contributed by atoms with Crippen molar-refractivity contribution in [3.8, 4) is 11.3 Å². The number of imide groups is 1. The highest BCUT2D eigenvalue weighted by Gasteiger charge is 2.32. The Balaban J connectivity index is 1.90. The normalized spacial score (nSPS) is 17.2. The number of thioether (sulfide) groups is 1. The molecule has 1 fully saturated rings. The number of benzene rings is 1. The lowest BCUT2D eigenvalue weighted by Crippen LogP contribution is -2.22. The summed E-state index contributed by atoms with van der Waals surface area (Å²) in [6.07, 6.45) is -3.04. The number of alkyl halides is 3. The maximum Gasteiger partial charge on any atom is 0.416 e. The van der Waals surface area contributed by atoms with Gasteiger partial charge in [0.05, 0.1) is 10.5 Å². The molecule has 1 saturated heterocycles. The maximum atomic E-state index is 12.8. The summed E-state index contributed by atoms with van der Waals surface area (Å²) in [4.78, 5) is 24.4. The van der Waals surface area contributed by atoms with Crippen LogP contribution >= 0.6 is 11.8 Å². The molecule has 24 heavy (non-hydrogen) atoms. The van der Waals surface area contributed by atoms with Crippen molar-refractivity contribution in [3.63, 3.8) is 0 Å². The van der Waals surface area contributed by atoms with Gasteiger partial charge in [0.25, 0.3) is 11.1 Å². The number of hydrogen-bond acceptors (Lipinski definition) is 4. The van der Waals surface area contributed by atoms with Crippen molar-refractivity contribution in [1.82, 2.24) is 4.90 Å². The first-order chi connectivity index (χ1) is 11.3. The lowest BCUT2D eigenvalue weighted by Gasteiger charge is -2.07. The number of likely N-dealkylation sites (N-methyl/N-ethyl adjacent to an activating group) is 1. The molecule has 0 unspecified atom stereocenters. The van der Waals surface area contributed by atoms with Crippen LogP contribution in [-0.2, 0) is 11.0 Å². The van der Waals surface area contributed by atoms with Crippen molar-refractivity contribution in [2.45, 2.75) is 6.18 Å². The molecule has 3 rings (SSSR count). The van der Waals surface area contributed by atoms with E-state index in [1.165, 1.54) is 37.4 Å². The molecule has 1 aliphatic heterocycles. The average Bonchev–Trinajstić information content (AvgIpc) is 3.08. The van der Waals surface area contributed by atoms with Crippen molar-refractivity contribution >= 4 is 29.0 Å². The fourth-order valence-electron chi connectivity index (χ4n) is 2.11. The van der Waals surface area contributed by atoms with Crippen LogP contribution in [0.4, 0.5) is 18.0 Å². The first-order valence-corrected chi connectivity index (χ1v) is 7.56. The SMILES string of the molecule is CN1C(=O)S/C(=C/c2ccc(-c3cccc(C(F)(F)F)c3)o2)C1=O. The van der Waals surface area contributed by atoms with Crippen LogP contribution in [0.1, 0.15) is 11.3 Å². The number of rotatable bonds is 2. The molecule has 2 aromatic rings. The first-order valence-electron chi connectivity index (χ1n) is 6.75. The highest BCUT2D eigenvalue weighted by atomic mass is 32.2. The van der Waals surface area contributed by atoms with Crippen LogP contribution in [0.2, 0.25) is 0 Å². The summed E-state index contributed by atoms with van der Waals surface area (Å²) in [5.74, 6) is 0.0754. The number of furan rings is 1. The third-order valence-electron chi connectivity index (χ3n) is 3.36. The number of hydrogen-bond donors (Lipinski definition) is 0. The maximum absolute atomic E-state index is 12.8. The molecule has 0 aliphatic carbocycles. The van der Waals surface area contributed by atoms with Crippen LogP contribution in [0, 0.1) is 0 Å². The second-order valence-electron chi connectivity index (χ2n) is 5.02. The molecule has 0 bridgehead atoms. The second-order valence-corrected chi connectivity index (χ2v) is 6.01. The van der Waals surface area contributed by atoms with Crippen LogP contribution < -0.4 is 0 Å². The van der Waals surface area contributed by atoms with E-state index in [9.17, 15) is 22.8 Å². The van der Waals surface area contributed by atoms with Gasteiger partial charge in [0.15, 0.2) is 0 Å². The molecule has 2 heterocycles. The van der Waals surface area contributed by atoms with Crippen molar-refractivity contribution in [2.24, 2.45) is 0 Å². The smallest absolute Gasteiger partial charge is 0.416 e. The monoisotopic (exact) mass is 353 g/mol. The summed E-state index contributed by atoms with van der Waals surface area (Å²) in [5, 5.41) is -0.393. The summed E-state index contributed by atoms with van der Waals surface area (Å²) >= 11 is 0.777. The molecule has 1 aromatic carbocycles. The van der Waals surface area contributed by atoms with Gasteiger partial charge in [-0.2, -0.15) is 13.2 Å². The van der Waals surface area contributed by atoms with Gasteiger partial charge in [-0.3, -0.25) is 14.5 Å². The third-order valence-corrected chi connectivity index (χ3v) is 4.32. The molecule has 0 atom stereocenters. The zero-order chi connectivity index (χ0) is 17.5. The Kier molecular flexibility index (Phi) is 4.00. The van der Waals surface area contributed by atoms with E-state index in [-0.39, 0.29) is 22.0 Å². The minimum atomic E-state index is -4.44. The van der Waals surface area contributed by atoms with E-state index >= 15 is 0 Å². The fraction of sp³-hybridized carbons (Fsp3) is 0.125. The Bertz CT molecular complexity index is 854. The van der Waals surface area contributed by atoms with E-state index in [4.69, 9.17) is 4.42 Å². The summed E-state index contributed by atoms with van der Waals surface area (Å²) in [5.41, 5.74) is -0.502. The molecule has 4 nitrogen and oxygen atoms in total. The minimum Gasteiger partial charge on any atom is -0.457 e. The molecular weight excluding hydrogens is 343 g/mol. The largest absolute Gasteiger partial charge is 0.457 e. The van der Waals surface area contributed by atoms with Gasteiger partial charge >= 0.3 is 6.18 Å². The van der Waals surface area contributed by atoms with Gasteiger partial charge in [-0.1, -0.05) is 12.1 Å². The van der Waals surface area contributed by atoms with Crippen molar-refractivity contribution in [1.29, 1.82) is 0 Å². The quantitative estimate of drug-likeness (QED) is 0.739. The molecule has 2 amide bonds. The summed E-state index contributed by atoms with van der Waals surface area (Å²) in [6.45, 7) is 0. The van der Waals surface area contributed by atoms with Crippen molar-refractivity contribution in [2.75, 3.05) is 7.05 Å². The number of amides is 2. The molecular formula is C16H10F3NO3S. The lowest BCUT2D eigenvalue weighted by molar-refractivity contribution is -0.137. The van der Waals surface area contributed by atoms with Crippen molar-refractivity contribution in [3.05, 3.63) is 52.6 Å². The Morgan fingerprint density at radius 3 is 2.54 bits per heavy atom. The van der Waals surface area contributed by atoms with E-state index in [1.54, 1.807) is 0 Å². The van der Waals surface area contributed by atoms with E-state index in [0.29, 0.717) is 0 Å². The van der Waals surface area contributed by atoms with Gasteiger partial charge in [0, 0.05) is 18.7 Å². The molecule has 124 valence electrons. The summed E-state index contributed by atoms with van der Waals surface area (Å²) in [6, 6.07) is 7.80. The van der Waals surface area contributed by atoms with Gasteiger partial charge < -0.3 is 4.42 Å². The topological polar surface area (TPSA) is 50.5 Å². The molecule has 1 aliphatic rings. The predicted octanol–water partition coefficient (Wildman–Crippen LogP) is 4.63. The Hall–Kier alpha value is -2.48. The van der Waals surface area contributed by atoms with Crippen LogP contribution in [-0.4, -0.2) is 23.1 Å². The molecule has 0 spiro atoms. The lowest BCUT2D eigenvalue weighted by atomic mass is 10.1. The van der Waals surface area contributed by atoms with Gasteiger partial charge in [0.1, 0.15) is 11.5 Å². The zero-order valence-corrected chi connectivity index (χ0v) is 13.1. The second kappa shape index (κ2) is 5.86. The van der Waals surface area contributed by atoms with E-state index in [2.05, 4.69) is 0 Å². The van der Waals surface area contributed by atoms with Gasteiger partial charge in [0.2, 0.25) is 0 Å². The molecule has 0 radical (unpaired) electrons. The van der Waals surface area contributed by atoms with E-state index < -0.39 is 22.9 Å². The highest BCUT2D eigenvalue weighted by Crippen LogP contribution is 2.34. The number of carbonyl (C=O) groups is 2. The zero-order valence-electron chi connectivity index (χ0n) is 12.3. The van der Waals surface area contributed by atoms with E-state index in [0.717, 1.165) is 28.8 Å². The summed E-state index contributed by atoms with van der Waals surface area (Å²) < 4.78 is 43.8. The van der Waals surface area contributed by atoms with Crippen LogP contribution in [0.15, 0.2) is 45.7 Å². The number of halogens is 3. The van der Waals surface area contributed by atoms with Gasteiger partial charge in [-0.15, -0.1) is 0 Å². The van der Waals surface area contributed by atoms with Crippen LogP contribution in [0.5, 0.6) is 0 Å². The first kappa shape index (κ1) is 16.4. The molecule has 1 aromatic heterocycles. The Morgan fingerprint density at radius 2 is 1.92 bits per heavy atom. The van der Waals surface area contributed by atoms with E-state index in [1.807, 2.05) is 0 Å². The Labute approximate surface area is 138 Å². The predicted molar refractivity (Wildman–Crippen MR) is 82.9 cm³/mol. The average molecular weight is 353 g/mol. The van der Waals surface area contributed by atoms with Gasteiger partial charge in [-0.25, -0.2) is 0 Å². The van der Waals surface area contributed by atoms with Gasteiger partial charge in [-0.05, 0) is 36.0 Å². The van der Waals surface area contributed by atoms with Crippen LogP contribution in [0.3, 0.4) is 0 Å². The Morgan fingerprint density at radius 1 is 1.17 bits per heavy atom. The van der Waals surface area contributed by atoms with Crippen LogP contribution in [0.25, 0.3) is 17.4 Å². The summed E-state index contributed by atoms with van der Waals surface area (Å²) in [7, 11) is 1.37. The molecule has 0 N–H and O–H groups in total. The molecule has 0 saturated carbocycles. The molecule has 8 heteroatoms. The number of nitrogens with zero attached hydrogens (tertiary/aromatic N) is 1. The number of carbonyl (C=O) groups excluding carboxylic acids is 2. The van der Waals surface area contributed by atoms with Crippen molar-refractivity contribution < 1.29 is 27.2 Å².